The zero-order valence-corrected chi connectivity index (χ0v) is 28.5. The number of thiazole rings is 1. The number of aromatic nitrogens is 1. The monoisotopic (exact) mass is 742 g/mol. The topological polar surface area (TPSA) is 62.0 Å². The van der Waals surface area contributed by atoms with Gasteiger partial charge in [0, 0.05) is 5.56 Å². The molecular weight excluding hydrogens is 716 g/mol. The maximum atomic E-state index is 14.3. The van der Waals surface area contributed by atoms with Crippen LogP contribution in [0.1, 0.15) is 40.3 Å². The van der Waals surface area contributed by atoms with Crippen LogP contribution in [0.5, 0.6) is 17.2 Å². The molecule has 0 fully saturated rings. The lowest BCUT2D eigenvalue weighted by Gasteiger charge is -2.31. The molecule has 4 aromatic carbocycles. The summed E-state index contributed by atoms with van der Waals surface area (Å²) in [6.45, 7) is 0.444. The van der Waals surface area contributed by atoms with Gasteiger partial charge in [-0.25, -0.2) is 4.99 Å². The van der Waals surface area contributed by atoms with Crippen molar-refractivity contribution in [2.45, 2.75) is 25.5 Å². The number of methoxy groups -OCH3 is 2. The molecule has 0 radical (unpaired) electrons. The molecule has 0 N–H and O–H groups in total. The lowest BCUT2D eigenvalue weighted by molar-refractivity contribution is 0.302. The lowest BCUT2D eigenvalue weighted by atomic mass is 9.83. The summed E-state index contributed by atoms with van der Waals surface area (Å²) >= 11 is 8.76. The first-order chi connectivity index (χ1) is 21.9. The molecule has 2 aliphatic rings. The highest BCUT2D eigenvalue weighted by molar-refractivity contribution is 9.11. The minimum absolute atomic E-state index is 0.0828. The Kier molecular flexibility index (Phi) is 8.25. The van der Waals surface area contributed by atoms with Crippen LogP contribution in [0.2, 0.25) is 0 Å². The molecule has 1 atom stereocenters. The standard InChI is InChI=1S/C36H28Br2N2O4S/c1-42-29-15-13-24(19-30(29)43-2)33-26-14-12-23-10-6-7-11-25(23)32(26)39-36-40(33)35(41)31(45-36)18-22-16-27(37)34(28(38)17-22)44-20-21-8-4-3-5-9-21/h3-11,13,15-19,33H,12,14,20H2,1-2H3/b31-18+/t33-/m1/s1. The molecule has 0 saturated carbocycles. The Labute approximate surface area is 281 Å². The van der Waals surface area contributed by atoms with Gasteiger partial charge in [0.15, 0.2) is 16.3 Å². The molecular formula is C36H28Br2N2O4S. The van der Waals surface area contributed by atoms with Crippen LogP contribution in [-0.4, -0.2) is 18.8 Å². The molecule has 45 heavy (non-hydrogen) atoms. The van der Waals surface area contributed by atoms with E-state index < -0.39 is 0 Å². The third-order valence-corrected chi connectivity index (χ3v) is 10.3. The predicted molar refractivity (Wildman–Crippen MR) is 185 cm³/mol. The van der Waals surface area contributed by atoms with Gasteiger partial charge in [-0.15, -0.1) is 0 Å². The van der Waals surface area contributed by atoms with Gasteiger partial charge >= 0.3 is 0 Å². The van der Waals surface area contributed by atoms with Gasteiger partial charge in [0.2, 0.25) is 0 Å². The predicted octanol–water partition coefficient (Wildman–Crippen LogP) is 7.44. The fourth-order valence-electron chi connectivity index (χ4n) is 6.03. The van der Waals surface area contributed by atoms with Gasteiger partial charge in [0.25, 0.3) is 5.56 Å². The van der Waals surface area contributed by atoms with E-state index in [1.54, 1.807) is 14.2 Å². The molecule has 226 valence electrons. The van der Waals surface area contributed by atoms with Gasteiger partial charge in [-0.2, -0.15) is 0 Å². The van der Waals surface area contributed by atoms with Crippen molar-refractivity contribution in [3.8, 4) is 17.2 Å². The quantitative estimate of drug-likeness (QED) is 0.174. The van der Waals surface area contributed by atoms with Crippen molar-refractivity contribution in [3.05, 3.63) is 147 Å². The van der Waals surface area contributed by atoms with Crippen molar-refractivity contribution in [2.75, 3.05) is 14.2 Å². The molecule has 5 aromatic rings. The summed E-state index contributed by atoms with van der Waals surface area (Å²) in [7, 11) is 3.25. The molecule has 0 amide bonds. The van der Waals surface area contributed by atoms with Crippen molar-refractivity contribution in [1.29, 1.82) is 0 Å². The molecule has 1 aromatic heterocycles. The number of ether oxygens (including phenoxy) is 3. The van der Waals surface area contributed by atoms with E-state index in [4.69, 9.17) is 19.2 Å². The molecule has 7 rings (SSSR count). The molecule has 0 spiro atoms. The first kappa shape index (κ1) is 29.8. The zero-order chi connectivity index (χ0) is 31.1. The van der Waals surface area contributed by atoms with Gasteiger partial charge in [0.05, 0.1) is 39.4 Å². The van der Waals surface area contributed by atoms with Crippen LogP contribution in [0, 0.1) is 0 Å². The van der Waals surface area contributed by atoms with Gasteiger partial charge < -0.3 is 14.2 Å². The van der Waals surface area contributed by atoms with Crippen LogP contribution in [0.15, 0.2) is 109 Å². The molecule has 1 aliphatic carbocycles. The maximum Gasteiger partial charge on any atom is 0.271 e. The highest BCUT2D eigenvalue weighted by Crippen LogP contribution is 2.43. The van der Waals surface area contributed by atoms with Crippen LogP contribution < -0.4 is 29.1 Å². The first-order valence-electron chi connectivity index (χ1n) is 14.5. The lowest BCUT2D eigenvalue weighted by Crippen LogP contribution is -2.38. The fraction of sp³-hybridized carbons (Fsp3) is 0.167. The van der Waals surface area contributed by atoms with Crippen LogP contribution in [0.3, 0.4) is 0 Å². The van der Waals surface area contributed by atoms with E-state index in [1.807, 2.05) is 77.4 Å². The Hall–Kier alpha value is -3.92. The maximum absolute atomic E-state index is 14.3. The molecule has 1 aliphatic heterocycles. The van der Waals surface area contributed by atoms with E-state index in [1.165, 1.54) is 16.9 Å². The largest absolute Gasteiger partial charge is 0.493 e. The van der Waals surface area contributed by atoms with E-state index in [0.29, 0.717) is 33.2 Å². The van der Waals surface area contributed by atoms with E-state index in [2.05, 4.69) is 50.1 Å². The number of aryl methyl sites for hydroxylation is 1. The molecule has 2 heterocycles. The smallest absolute Gasteiger partial charge is 0.271 e. The summed E-state index contributed by atoms with van der Waals surface area (Å²) in [5, 5.41) is 0. The molecule has 6 nitrogen and oxygen atoms in total. The minimum Gasteiger partial charge on any atom is -0.493 e. The Morgan fingerprint density at radius 2 is 1.64 bits per heavy atom. The average Bonchev–Trinajstić information content (AvgIpc) is 3.37. The normalized spacial score (nSPS) is 15.6. The van der Waals surface area contributed by atoms with Crippen LogP contribution in [0.25, 0.3) is 11.8 Å². The number of fused-ring (bicyclic) bond motifs is 3. The first-order valence-corrected chi connectivity index (χ1v) is 16.9. The van der Waals surface area contributed by atoms with Gasteiger partial charge in [-0.3, -0.25) is 9.36 Å². The van der Waals surface area contributed by atoms with Crippen molar-refractivity contribution in [2.24, 2.45) is 4.99 Å². The second kappa shape index (κ2) is 12.5. The highest BCUT2D eigenvalue weighted by atomic mass is 79.9. The van der Waals surface area contributed by atoms with Crippen molar-refractivity contribution in [3.63, 3.8) is 0 Å². The molecule has 0 unspecified atom stereocenters. The SMILES string of the molecule is COc1ccc([C@@H]2C3=C(N=c4s/c(=C/c5cc(Br)c(OCc6ccccc6)c(Br)c5)c(=O)n42)c2ccccc2CC3)cc1OC. The third kappa shape index (κ3) is 5.58. The fourth-order valence-corrected chi connectivity index (χ4v) is 8.48. The Morgan fingerprint density at radius 1 is 0.911 bits per heavy atom. The Balaban J connectivity index is 1.34. The number of halogens is 2. The second-order valence-corrected chi connectivity index (χ2v) is 13.5. The van der Waals surface area contributed by atoms with Gasteiger partial charge in [-0.1, -0.05) is 72.0 Å². The van der Waals surface area contributed by atoms with E-state index in [0.717, 1.165) is 55.3 Å². The zero-order valence-electron chi connectivity index (χ0n) is 24.6. The number of nitrogens with zero attached hydrogens (tertiary/aromatic N) is 2. The van der Waals surface area contributed by atoms with Gasteiger partial charge in [0.1, 0.15) is 12.4 Å². The second-order valence-electron chi connectivity index (χ2n) is 10.8. The van der Waals surface area contributed by atoms with Crippen LogP contribution in [-0.2, 0) is 13.0 Å². The number of hydrogen-bond acceptors (Lipinski definition) is 6. The molecule has 9 heteroatoms. The van der Waals surface area contributed by atoms with E-state index in [9.17, 15) is 4.79 Å². The summed E-state index contributed by atoms with van der Waals surface area (Å²) < 4.78 is 21.3. The summed E-state index contributed by atoms with van der Waals surface area (Å²) in [6.07, 6.45) is 3.62. The molecule has 0 saturated heterocycles. The Bertz CT molecular complexity index is 2130. The average molecular weight is 745 g/mol. The molecule has 0 bridgehead atoms. The van der Waals surface area contributed by atoms with Crippen molar-refractivity contribution >= 4 is 55.0 Å². The summed E-state index contributed by atoms with van der Waals surface area (Å²) in [5.74, 6) is 1.97. The van der Waals surface area contributed by atoms with Gasteiger partial charge in [-0.05, 0) is 103 Å². The summed E-state index contributed by atoms with van der Waals surface area (Å²) in [5.41, 5.74) is 7.29. The van der Waals surface area contributed by atoms with E-state index in [-0.39, 0.29) is 11.6 Å². The minimum atomic E-state index is -0.321. The van der Waals surface area contributed by atoms with Crippen LogP contribution in [0.4, 0.5) is 0 Å². The Morgan fingerprint density at radius 3 is 2.40 bits per heavy atom. The summed E-state index contributed by atoms with van der Waals surface area (Å²) in [6, 6.07) is 27.9. The van der Waals surface area contributed by atoms with Crippen molar-refractivity contribution < 1.29 is 14.2 Å². The summed E-state index contributed by atoms with van der Waals surface area (Å²) in [4.78, 5) is 20.1. The number of rotatable bonds is 7. The highest BCUT2D eigenvalue weighted by Gasteiger charge is 2.33. The van der Waals surface area contributed by atoms with Crippen molar-refractivity contribution in [1.82, 2.24) is 4.57 Å². The third-order valence-electron chi connectivity index (χ3n) is 8.14. The number of benzene rings is 4. The number of hydrogen-bond donors (Lipinski definition) is 0. The number of allylic oxidation sites excluding steroid dienone is 1. The van der Waals surface area contributed by atoms with E-state index >= 15 is 0 Å². The van der Waals surface area contributed by atoms with Crippen LogP contribution >= 0.6 is 43.2 Å².